The van der Waals surface area contributed by atoms with Crippen molar-refractivity contribution in [2.45, 2.75) is 6.92 Å². The number of hydrogen-bond acceptors (Lipinski definition) is 2. The summed E-state index contributed by atoms with van der Waals surface area (Å²) in [6.45, 7) is 1.96. The van der Waals surface area contributed by atoms with Crippen molar-refractivity contribution in [2.75, 3.05) is 0 Å². The maximum Gasteiger partial charge on any atom is 0.134 e. The smallest absolute Gasteiger partial charge is 0.134 e. The van der Waals surface area contributed by atoms with Gasteiger partial charge in [-0.3, -0.25) is 4.98 Å². The van der Waals surface area contributed by atoms with Crippen molar-refractivity contribution in [3.8, 4) is 11.1 Å². The fourth-order valence-electron chi connectivity index (χ4n) is 1.89. The first kappa shape index (κ1) is 9.16. The van der Waals surface area contributed by atoms with E-state index in [-0.39, 0.29) is 0 Å². The lowest BCUT2D eigenvalue weighted by Gasteiger charge is -1.99. The highest BCUT2D eigenvalue weighted by Gasteiger charge is 2.02. The van der Waals surface area contributed by atoms with Crippen LogP contribution in [-0.4, -0.2) is 4.98 Å². The zero-order valence-electron chi connectivity index (χ0n) is 8.97. The molecule has 0 radical (unpaired) electrons. The highest BCUT2D eigenvalue weighted by atomic mass is 16.3. The Bertz CT molecular complexity index is 626. The first-order chi connectivity index (χ1) is 7.83. The number of aromatic nitrogens is 1. The van der Waals surface area contributed by atoms with Gasteiger partial charge in [-0.15, -0.1) is 0 Å². The molecule has 0 amide bonds. The molecule has 0 bridgehead atoms. The average molecular weight is 209 g/mol. The number of furan rings is 1. The van der Waals surface area contributed by atoms with E-state index in [0.717, 1.165) is 22.3 Å². The van der Waals surface area contributed by atoms with Gasteiger partial charge in [0.1, 0.15) is 11.3 Å². The molecule has 0 saturated carbocycles. The third-order valence-electron chi connectivity index (χ3n) is 2.63. The van der Waals surface area contributed by atoms with Crippen LogP contribution >= 0.6 is 0 Å². The monoisotopic (exact) mass is 209 g/mol. The Morgan fingerprint density at radius 1 is 1.06 bits per heavy atom. The molecule has 2 heteroatoms. The summed E-state index contributed by atoms with van der Waals surface area (Å²) >= 11 is 0. The quantitative estimate of drug-likeness (QED) is 0.609. The molecule has 3 aromatic rings. The van der Waals surface area contributed by atoms with Crippen LogP contribution in [-0.2, 0) is 0 Å². The van der Waals surface area contributed by atoms with Gasteiger partial charge >= 0.3 is 0 Å². The summed E-state index contributed by atoms with van der Waals surface area (Å²) in [6.07, 6.45) is 3.65. The Morgan fingerprint density at radius 3 is 2.81 bits per heavy atom. The molecule has 0 N–H and O–H groups in total. The van der Waals surface area contributed by atoms with Crippen LogP contribution < -0.4 is 0 Å². The Balaban J connectivity index is 2.18. The third-order valence-corrected chi connectivity index (χ3v) is 2.63. The van der Waals surface area contributed by atoms with Gasteiger partial charge in [-0.1, -0.05) is 12.1 Å². The lowest BCUT2D eigenvalue weighted by Crippen LogP contribution is -1.78. The summed E-state index contributed by atoms with van der Waals surface area (Å²) in [6, 6.07) is 12.2. The van der Waals surface area contributed by atoms with E-state index in [2.05, 4.69) is 29.2 Å². The number of fused-ring (bicyclic) bond motifs is 1. The zero-order chi connectivity index (χ0) is 11.0. The Kier molecular flexibility index (Phi) is 2.00. The molecule has 2 heterocycles. The SMILES string of the molecule is Cc1cc2cc(-c3cccnc3)ccc2o1. The molecule has 0 spiro atoms. The molecule has 1 aromatic carbocycles. The highest BCUT2D eigenvalue weighted by molar-refractivity contribution is 5.83. The van der Waals surface area contributed by atoms with E-state index in [9.17, 15) is 0 Å². The van der Waals surface area contributed by atoms with Crippen LogP contribution in [0.5, 0.6) is 0 Å². The van der Waals surface area contributed by atoms with E-state index in [0.29, 0.717) is 0 Å². The van der Waals surface area contributed by atoms with Crippen molar-refractivity contribution in [3.63, 3.8) is 0 Å². The van der Waals surface area contributed by atoms with Gasteiger partial charge in [0.05, 0.1) is 0 Å². The van der Waals surface area contributed by atoms with E-state index >= 15 is 0 Å². The standard InChI is InChI=1S/C14H11NO/c1-10-7-13-8-11(4-5-14(13)16-10)12-3-2-6-15-9-12/h2-9H,1H3. The number of rotatable bonds is 1. The fraction of sp³-hybridized carbons (Fsp3) is 0.0714. The van der Waals surface area contributed by atoms with Gasteiger partial charge in [0, 0.05) is 23.3 Å². The predicted octanol–water partition coefficient (Wildman–Crippen LogP) is 3.80. The molecule has 0 aliphatic rings. The van der Waals surface area contributed by atoms with Crippen molar-refractivity contribution in [3.05, 3.63) is 54.6 Å². The molecule has 0 saturated heterocycles. The van der Waals surface area contributed by atoms with Crippen molar-refractivity contribution < 1.29 is 4.42 Å². The van der Waals surface area contributed by atoms with Crippen LogP contribution in [0.3, 0.4) is 0 Å². The zero-order valence-corrected chi connectivity index (χ0v) is 8.97. The van der Waals surface area contributed by atoms with E-state index in [1.165, 1.54) is 5.56 Å². The summed E-state index contributed by atoms with van der Waals surface area (Å²) in [5.74, 6) is 0.943. The molecule has 0 aliphatic heterocycles. The van der Waals surface area contributed by atoms with Gasteiger partial charge in [-0.25, -0.2) is 0 Å². The molecule has 2 aromatic heterocycles. The van der Waals surface area contributed by atoms with Gasteiger partial charge < -0.3 is 4.42 Å². The van der Waals surface area contributed by atoms with Gasteiger partial charge in [-0.2, -0.15) is 0 Å². The third kappa shape index (κ3) is 1.48. The van der Waals surface area contributed by atoms with E-state index < -0.39 is 0 Å². The van der Waals surface area contributed by atoms with Crippen LogP contribution in [0.2, 0.25) is 0 Å². The Morgan fingerprint density at radius 2 is 2.00 bits per heavy atom. The van der Waals surface area contributed by atoms with Crippen LogP contribution in [0, 0.1) is 6.92 Å². The summed E-state index contributed by atoms with van der Waals surface area (Å²) in [4.78, 5) is 4.12. The lowest BCUT2D eigenvalue weighted by molar-refractivity contribution is 0.578. The minimum atomic E-state index is 0.935. The molecule has 0 fully saturated rings. The number of hydrogen-bond donors (Lipinski definition) is 0. The van der Waals surface area contributed by atoms with Crippen molar-refractivity contribution in [1.29, 1.82) is 0 Å². The maximum absolute atomic E-state index is 5.54. The van der Waals surface area contributed by atoms with Gasteiger partial charge in [0.25, 0.3) is 0 Å². The fourth-order valence-corrected chi connectivity index (χ4v) is 1.89. The highest BCUT2D eigenvalue weighted by Crippen LogP contribution is 2.25. The van der Waals surface area contributed by atoms with E-state index in [1.807, 2.05) is 25.3 Å². The summed E-state index contributed by atoms with van der Waals surface area (Å²) in [5, 5.41) is 1.14. The minimum Gasteiger partial charge on any atom is -0.461 e. The van der Waals surface area contributed by atoms with Crippen molar-refractivity contribution in [2.24, 2.45) is 0 Å². The van der Waals surface area contributed by atoms with Crippen LogP contribution in [0.4, 0.5) is 0 Å². The summed E-state index contributed by atoms with van der Waals surface area (Å²) < 4.78 is 5.54. The minimum absolute atomic E-state index is 0.935. The summed E-state index contributed by atoms with van der Waals surface area (Å²) in [5.41, 5.74) is 3.23. The molecule has 0 atom stereocenters. The number of nitrogens with zero attached hydrogens (tertiary/aromatic N) is 1. The van der Waals surface area contributed by atoms with Gasteiger partial charge in [-0.05, 0) is 36.8 Å². The average Bonchev–Trinajstić information content (AvgIpc) is 2.69. The number of pyridine rings is 1. The normalized spacial score (nSPS) is 10.8. The molecular formula is C14H11NO. The Hall–Kier alpha value is -2.09. The first-order valence-corrected chi connectivity index (χ1v) is 5.23. The van der Waals surface area contributed by atoms with E-state index in [4.69, 9.17) is 4.42 Å². The lowest BCUT2D eigenvalue weighted by atomic mass is 10.1. The van der Waals surface area contributed by atoms with Crippen molar-refractivity contribution in [1.82, 2.24) is 4.98 Å². The second kappa shape index (κ2) is 3.49. The second-order valence-electron chi connectivity index (χ2n) is 3.85. The topological polar surface area (TPSA) is 26.0 Å². The first-order valence-electron chi connectivity index (χ1n) is 5.23. The van der Waals surface area contributed by atoms with Gasteiger partial charge in [0.15, 0.2) is 0 Å². The predicted molar refractivity (Wildman–Crippen MR) is 64.2 cm³/mol. The number of aryl methyl sites for hydroxylation is 1. The van der Waals surface area contributed by atoms with Crippen LogP contribution in [0.15, 0.2) is 53.2 Å². The molecule has 16 heavy (non-hydrogen) atoms. The molecule has 0 aliphatic carbocycles. The number of benzene rings is 1. The van der Waals surface area contributed by atoms with Crippen LogP contribution in [0.25, 0.3) is 22.1 Å². The molecule has 0 unspecified atom stereocenters. The maximum atomic E-state index is 5.54. The summed E-state index contributed by atoms with van der Waals surface area (Å²) in [7, 11) is 0. The molecule has 2 nitrogen and oxygen atoms in total. The second-order valence-corrected chi connectivity index (χ2v) is 3.85. The van der Waals surface area contributed by atoms with Crippen molar-refractivity contribution >= 4 is 11.0 Å². The van der Waals surface area contributed by atoms with Crippen LogP contribution in [0.1, 0.15) is 5.76 Å². The van der Waals surface area contributed by atoms with Gasteiger partial charge in [0.2, 0.25) is 0 Å². The molecule has 3 rings (SSSR count). The Labute approximate surface area is 93.5 Å². The van der Waals surface area contributed by atoms with E-state index in [1.54, 1.807) is 6.20 Å². The largest absolute Gasteiger partial charge is 0.461 e. The molecule has 78 valence electrons. The molecular weight excluding hydrogens is 198 g/mol.